The summed E-state index contributed by atoms with van der Waals surface area (Å²) in [7, 11) is 1.71. The standard InChI is InChI=1S/C32H30F4N6O3/c1-5-45-24-11-9-22(10-12-24)42-30(38-29-25(31(42)44)7-6-14-37-29)20(3)41(18-23-15-19(2)39-40(23)4)28(43)17-21-8-13-27(33)26(16-21)32(34,35)36/h6-16,20H,5,17-18H2,1-4H3. The van der Waals surface area contributed by atoms with Gasteiger partial charge >= 0.3 is 6.18 Å². The molecule has 0 bridgehead atoms. The van der Waals surface area contributed by atoms with Gasteiger partial charge in [0.15, 0.2) is 5.65 Å². The number of benzene rings is 2. The molecular weight excluding hydrogens is 592 g/mol. The van der Waals surface area contributed by atoms with E-state index < -0.39 is 41.5 Å². The van der Waals surface area contributed by atoms with Gasteiger partial charge in [0.25, 0.3) is 5.56 Å². The molecule has 45 heavy (non-hydrogen) atoms. The molecule has 13 heteroatoms. The summed E-state index contributed by atoms with van der Waals surface area (Å²) in [5.74, 6) is -1.23. The Morgan fingerprint density at radius 1 is 1.09 bits per heavy atom. The van der Waals surface area contributed by atoms with Crippen molar-refractivity contribution in [1.82, 2.24) is 29.2 Å². The van der Waals surface area contributed by atoms with E-state index in [0.29, 0.717) is 41.6 Å². The van der Waals surface area contributed by atoms with Gasteiger partial charge in [0, 0.05) is 13.2 Å². The summed E-state index contributed by atoms with van der Waals surface area (Å²) >= 11 is 0. The molecule has 0 saturated heterocycles. The second kappa shape index (κ2) is 12.5. The molecule has 5 rings (SSSR count). The Kier molecular flexibility index (Phi) is 8.71. The molecule has 0 aliphatic heterocycles. The van der Waals surface area contributed by atoms with E-state index in [1.807, 2.05) is 6.92 Å². The number of ether oxygens (including phenoxy) is 1. The highest BCUT2D eigenvalue weighted by Gasteiger charge is 2.35. The van der Waals surface area contributed by atoms with Gasteiger partial charge in [0.1, 0.15) is 17.4 Å². The van der Waals surface area contributed by atoms with Crippen LogP contribution >= 0.6 is 0 Å². The predicted octanol–water partition coefficient (Wildman–Crippen LogP) is 5.71. The number of aromatic nitrogens is 5. The van der Waals surface area contributed by atoms with Gasteiger partial charge in [-0.25, -0.2) is 14.4 Å². The van der Waals surface area contributed by atoms with Crippen molar-refractivity contribution in [3.63, 3.8) is 0 Å². The van der Waals surface area contributed by atoms with Crippen LogP contribution in [0.2, 0.25) is 0 Å². The number of aryl methyl sites for hydroxylation is 2. The molecule has 1 amide bonds. The third-order valence-corrected chi connectivity index (χ3v) is 7.36. The first-order chi connectivity index (χ1) is 21.4. The number of carbonyl (C=O) groups excluding carboxylic acids is 1. The minimum Gasteiger partial charge on any atom is -0.494 e. The van der Waals surface area contributed by atoms with Crippen molar-refractivity contribution >= 4 is 16.9 Å². The van der Waals surface area contributed by atoms with Crippen molar-refractivity contribution in [1.29, 1.82) is 0 Å². The Morgan fingerprint density at radius 2 is 1.82 bits per heavy atom. The SMILES string of the molecule is CCOc1ccc(-n2c(C(C)N(Cc3cc(C)nn3C)C(=O)Cc3ccc(F)c(C(F)(F)F)c3)nc3ncccc3c2=O)cc1. The summed E-state index contributed by atoms with van der Waals surface area (Å²) in [6.45, 7) is 5.76. The third-order valence-electron chi connectivity index (χ3n) is 7.36. The van der Waals surface area contributed by atoms with Crippen LogP contribution in [0.25, 0.3) is 16.7 Å². The normalized spacial score (nSPS) is 12.4. The van der Waals surface area contributed by atoms with Crippen molar-refractivity contribution in [3.05, 3.63) is 111 Å². The zero-order chi connectivity index (χ0) is 32.5. The van der Waals surface area contributed by atoms with Crippen LogP contribution in [-0.4, -0.2) is 41.7 Å². The van der Waals surface area contributed by atoms with Crippen LogP contribution in [0.3, 0.4) is 0 Å². The fourth-order valence-electron chi connectivity index (χ4n) is 5.17. The molecule has 1 atom stereocenters. The van der Waals surface area contributed by atoms with Gasteiger partial charge in [-0.1, -0.05) is 6.07 Å². The fourth-order valence-corrected chi connectivity index (χ4v) is 5.17. The first kappa shape index (κ1) is 31.4. The van der Waals surface area contributed by atoms with Gasteiger partial charge in [-0.3, -0.25) is 18.8 Å². The van der Waals surface area contributed by atoms with Gasteiger partial charge < -0.3 is 9.64 Å². The van der Waals surface area contributed by atoms with Gasteiger partial charge in [-0.15, -0.1) is 0 Å². The van der Waals surface area contributed by atoms with Crippen LogP contribution in [0.5, 0.6) is 5.75 Å². The van der Waals surface area contributed by atoms with Crippen LogP contribution < -0.4 is 10.3 Å². The van der Waals surface area contributed by atoms with E-state index in [1.165, 1.54) is 15.7 Å². The van der Waals surface area contributed by atoms with E-state index in [4.69, 9.17) is 9.72 Å². The van der Waals surface area contributed by atoms with Crippen molar-refractivity contribution in [2.24, 2.45) is 7.05 Å². The molecule has 1 unspecified atom stereocenters. The van der Waals surface area contributed by atoms with Crippen molar-refractivity contribution in [3.8, 4) is 11.4 Å². The number of halogens is 4. The predicted molar refractivity (Wildman–Crippen MR) is 158 cm³/mol. The maximum atomic E-state index is 14.0. The highest BCUT2D eigenvalue weighted by molar-refractivity contribution is 5.79. The number of carbonyl (C=O) groups is 1. The van der Waals surface area contributed by atoms with Crippen molar-refractivity contribution < 1.29 is 27.1 Å². The Morgan fingerprint density at radius 3 is 2.47 bits per heavy atom. The molecule has 0 spiro atoms. The van der Waals surface area contributed by atoms with E-state index in [9.17, 15) is 27.2 Å². The van der Waals surface area contributed by atoms with Gasteiger partial charge in [-0.2, -0.15) is 18.3 Å². The smallest absolute Gasteiger partial charge is 0.419 e. The molecule has 0 fully saturated rings. The maximum absolute atomic E-state index is 14.0. The van der Waals surface area contributed by atoms with Crippen LogP contribution in [0.4, 0.5) is 17.6 Å². The second-order valence-corrected chi connectivity index (χ2v) is 10.5. The summed E-state index contributed by atoms with van der Waals surface area (Å²) in [6, 6.07) is 13.4. The van der Waals surface area contributed by atoms with Crippen LogP contribution in [-0.2, 0) is 31.0 Å². The number of amides is 1. The highest BCUT2D eigenvalue weighted by Crippen LogP contribution is 2.32. The molecule has 0 aliphatic carbocycles. The fraction of sp³-hybridized carbons (Fsp3) is 0.281. The molecule has 9 nitrogen and oxygen atoms in total. The summed E-state index contributed by atoms with van der Waals surface area (Å²) < 4.78 is 62.9. The van der Waals surface area contributed by atoms with Crippen LogP contribution in [0.15, 0.2) is 71.7 Å². The summed E-state index contributed by atoms with van der Waals surface area (Å²) in [5.41, 5.74) is 0.0582. The van der Waals surface area contributed by atoms with Crippen molar-refractivity contribution in [2.75, 3.05) is 6.61 Å². The van der Waals surface area contributed by atoms with Crippen LogP contribution in [0, 0.1) is 12.7 Å². The molecule has 3 heterocycles. The Hall–Kier alpha value is -5.07. The third kappa shape index (κ3) is 6.56. The van der Waals surface area contributed by atoms with E-state index in [1.54, 1.807) is 68.0 Å². The number of pyridine rings is 1. The Bertz CT molecular complexity index is 1920. The molecule has 0 N–H and O–H groups in total. The lowest BCUT2D eigenvalue weighted by Gasteiger charge is -2.31. The first-order valence-corrected chi connectivity index (χ1v) is 14.1. The minimum absolute atomic E-state index is 0.00985. The van der Waals surface area contributed by atoms with E-state index in [-0.39, 0.29) is 29.0 Å². The molecule has 2 aromatic carbocycles. The van der Waals surface area contributed by atoms with Gasteiger partial charge in [0.05, 0.1) is 53.6 Å². The first-order valence-electron chi connectivity index (χ1n) is 14.1. The molecule has 0 saturated carbocycles. The lowest BCUT2D eigenvalue weighted by Crippen LogP contribution is -2.38. The van der Waals surface area contributed by atoms with E-state index >= 15 is 0 Å². The molecular formula is C32H30F4N6O3. The zero-order valence-electron chi connectivity index (χ0n) is 25.0. The number of fused-ring (bicyclic) bond motifs is 1. The average molecular weight is 623 g/mol. The highest BCUT2D eigenvalue weighted by atomic mass is 19.4. The summed E-state index contributed by atoms with van der Waals surface area (Å²) in [4.78, 5) is 38.3. The number of hydrogen-bond acceptors (Lipinski definition) is 6. The molecule has 0 radical (unpaired) electrons. The maximum Gasteiger partial charge on any atom is 0.419 e. The molecule has 234 valence electrons. The number of rotatable bonds is 9. The van der Waals surface area contributed by atoms with E-state index in [0.717, 1.165) is 6.07 Å². The minimum atomic E-state index is -4.93. The molecule has 3 aromatic heterocycles. The second-order valence-electron chi connectivity index (χ2n) is 10.5. The van der Waals surface area contributed by atoms with Gasteiger partial charge in [-0.05, 0) is 80.9 Å². The van der Waals surface area contributed by atoms with E-state index in [2.05, 4.69) is 10.1 Å². The summed E-state index contributed by atoms with van der Waals surface area (Å²) in [6.07, 6.45) is -3.90. The monoisotopic (exact) mass is 622 g/mol. The van der Waals surface area contributed by atoms with Crippen LogP contribution in [0.1, 0.15) is 48.2 Å². The van der Waals surface area contributed by atoms with Crippen molar-refractivity contribution in [2.45, 2.75) is 46.0 Å². The Labute approximate surface area is 255 Å². The molecule has 5 aromatic rings. The topological polar surface area (TPSA) is 95.1 Å². The number of hydrogen-bond donors (Lipinski definition) is 0. The van der Waals surface area contributed by atoms with Gasteiger partial charge in [0.2, 0.25) is 5.91 Å². The Balaban J connectivity index is 1.63. The molecule has 0 aliphatic rings. The zero-order valence-corrected chi connectivity index (χ0v) is 25.0. The largest absolute Gasteiger partial charge is 0.494 e. The number of nitrogens with zero attached hydrogens (tertiary/aromatic N) is 6. The average Bonchev–Trinajstić information content (AvgIpc) is 3.32. The lowest BCUT2D eigenvalue weighted by molar-refractivity contribution is -0.140. The summed E-state index contributed by atoms with van der Waals surface area (Å²) in [5, 5.41) is 4.61. The quantitative estimate of drug-likeness (QED) is 0.196. The lowest BCUT2D eigenvalue weighted by atomic mass is 10.1. The number of alkyl halides is 3.